The van der Waals surface area contributed by atoms with Crippen molar-refractivity contribution in [1.82, 2.24) is 5.32 Å². The number of nitrogens with one attached hydrogen (secondary N) is 1. The third-order valence-corrected chi connectivity index (χ3v) is 3.74. The van der Waals surface area contributed by atoms with Gasteiger partial charge in [0.05, 0.1) is 12.6 Å². The van der Waals surface area contributed by atoms with E-state index in [1.165, 1.54) is 12.1 Å². The third kappa shape index (κ3) is 3.80. The van der Waals surface area contributed by atoms with Crippen LogP contribution in [0.4, 0.5) is 4.39 Å². The van der Waals surface area contributed by atoms with Crippen LogP contribution in [0.5, 0.6) is 11.5 Å². The minimum absolute atomic E-state index is 0.0783. The Labute approximate surface area is 134 Å². The van der Waals surface area contributed by atoms with Gasteiger partial charge in [0.1, 0.15) is 17.3 Å². The Hall–Kier alpha value is -2.56. The van der Waals surface area contributed by atoms with Gasteiger partial charge in [-0.25, -0.2) is 4.39 Å². The molecule has 0 saturated heterocycles. The third-order valence-electron chi connectivity index (χ3n) is 3.74. The van der Waals surface area contributed by atoms with Gasteiger partial charge in [-0.3, -0.25) is 4.79 Å². The molecule has 0 saturated carbocycles. The van der Waals surface area contributed by atoms with Crippen LogP contribution in [-0.4, -0.2) is 19.1 Å². The molecule has 3 rings (SSSR count). The van der Waals surface area contributed by atoms with E-state index in [9.17, 15) is 9.18 Å². The van der Waals surface area contributed by atoms with Gasteiger partial charge < -0.3 is 14.8 Å². The first kappa shape index (κ1) is 15.3. The molecule has 1 N–H and O–H groups in total. The lowest BCUT2D eigenvalue weighted by Gasteiger charge is -2.26. The Morgan fingerprint density at radius 3 is 2.87 bits per heavy atom. The molecule has 2 aromatic rings. The Kier molecular flexibility index (Phi) is 4.46. The summed E-state index contributed by atoms with van der Waals surface area (Å²) < 4.78 is 24.4. The van der Waals surface area contributed by atoms with Crippen LogP contribution in [0.25, 0.3) is 0 Å². The highest BCUT2D eigenvalue weighted by molar-refractivity contribution is 5.78. The summed E-state index contributed by atoms with van der Waals surface area (Å²) in [7, 11) is 0. The van der Waals surface area contributed by atoms with Crippen molar-refractivity contribution in [1.29, 1.82) is 0 Å². The molecule has 0 spiro atoms. The summed E-state index contributed by atoms with van der Waals surface area (Å²) in [4.78, 5) is 12.1. The van der Waals surface area contributed by atoms with Gasteiger partial charge in [-0.2, -0.15) is 0 Å². The number of carbonyl (C=O) groups is 1. The molecule has 0 aromatic heterocycles. The maximum absolute atomic E-state index is 13.4. The van der Waals surface area contributed by atoms with Gasteiger partial charge in [0.2, 0.25) is 0 Å². The van der Waals surface area contributed by atoms with Gasteiger partial charge in [0, 0.05) is 12.0 Å². The van der Waals surface area contributed by atoms with Gasteiger partial charge in [0.25, 0.3) is 5.91 Å². The molecule has 1 unspecified atom stereocenters. The van der Waals surface area contributed by atoms with Crippen LogP contribution < -0.4 is 14.8 Å². The van der Waals surface area contributed by atoms with E-state index in [0.29, 0.717) is 30.1 Å². The highest BCUT2D eigenvalue weighted by atomic mass is 19.1. The molecule has 2 aromatic carbocycles. The Morgan fingerprint density at radius 2 is 2.09 bits per heavy atom. The van der Waals surface area contributed by atoms with Gasteiger partial charge in [-0.1, -0.05) is 17.7 Å². The van der Waals surface area contributed by atoms with Crippen molar-refractivity contribution in [2.24, 2.45) is 0 Å². The second-order valence-corrected chi connectivity index (χ2v) is 5.54. The fourth-order valence-corrected chi connectivity index (χ4v) is 2.53. The number of ether oxygens (including phenoxy) is 2. The van der Waals surface area contributed by atoms with E-state index in [4.69, 9.17) is 9.47 Å². The number of aryl methyl sites for hydroxylation is 1. The second-order valence-electron chi connectivity index (χ2n) is 5.54. The van der Waals surface area contributed by atoms with Gasteiger partial charge in [-0.15, -0.1) is 0 Å². The molecule has 0 radical (unpaired) electrons. The topological polar surface area (TPSA) is 47.6 Å². The largest absolute Gasteiger partial charge is 0.493 e. The first-order valence-corrected chi connectivity index (χ1v) is 7.53. The summed E-state index contributed by atoms with van der Waals surface area (Å²) in [5.74, 6) is 0.670. The number of hydrogen-bond acceptors (Lipinski definition) is 3. The van der Waals surface area contributed by atoms with Gasteiger partial charge in [0.15, 0.2) is 6.61 Å². The van der Waals surface area contributed by atoms with Gasteiger partial charge in [-0.05, 0) is 37.3 Å². The normalized spacial score (nSPS) is 16.2. The van der Waals surface area contributed by atoms with Crippen molar-refractivity contribution < 1.29 is 18.7 Å². The molecule has 1 atom stereocenters. The van der Waals surface area contributed by atoms with Crippen molar-refractivity contribution in [3.8, 4) is 11.5 Å². The molecule has 1 heterocycles. The molecular weight excluding hydrogens is 297 g/mol. The van der Waals surface area contributed by atoms with Crippen molar-refractivity contribution in [3.63, 3.8) is 0 Å². The van der Waals surface area contributed by atoms with Crippen LogP contribution in [0, 0.1) is 12.7 Å². The zero-order valence-corrected chi connectivity index (χ0v) is 12.8. The number of hydrogen-bond donors (Lipinski definition) is 1. The lowest BCUT2D eigenvalue weighted by atomic mass is 10.0. The summed E-state index contributed by atoms with van der Waals surface area (Å²) >= 11 is 0. The number of halogens is 1. The fourth-order valence-electron chi connectivity index (χ4n) is 2.53. The van der Waals surface area contributed by atoms with Crippen molar-refractivity contribution in [3.05, 3.63) is 59.4 Å². The van der Waals surface area contributed by atoms with Crippen LogP contribution in [0.2, 0.25) is 0 Å². The first-order chi connectivity index (χ1) is 11.1. The summed E-state index contributed by atoms with van der Waals surface area (Å²) in [5, 5.41) is 2.87. The lowest BCUT2D eigenvalue weighted by molar-refractivity contribution is -0.124. The fraction of sp³-hybridized carbons (Fsp3) is 0.278. The van der Waals surface area contributed by atoms with Crippen molar-refractivity contribution in [2.45, 2.75) is 19.4 Å². The lowest BCUT2D eigenvalue weighted by Crippen LogP contribution is -2.35. The standard InChI is InChI=1S/C18H18FNO3/c1-12-2-5-14(6-3-12)23-11-18(21)20-16-8-9-22-17-7-4-13(19)10-15(16)17/h2-7,10,16H,8-9,11H2,1H3,(H,20,21). The maximum Gasteiger partial charge on any atom is 0.258 e. The predicted molar refractivity (Wildman–Crippen MR) is 84.1 cm³/mol. The smallest absolute Gasteiger partial charge is 0.258 e. The van der Waals surface area contributed by atoms with E-state index in [1.54, 1.807) is 6.07 Å². The van der Waals surface area contributed by atoms with Crippen LogP contribution in [-0.2, 0) is 4.79 Å². The number of carbonyl (C=O) groups excluding carboxylic acids is 1. The number of rotatable bonds is 4. The van der Waals surface area contributed by atoms with E-state index in [2.05, 4.69) is 5.32 Å². The van der Waals surface area contributed by atoms with Crippen LogP contribution in [0.3, 0.4) is 0 Å². The minimum atomic E-state index is -0.343. The van der Waals surface area contributed by atoms with Crippen molar-refractivity contribution >= 4 is 5.91 Å². The predicted octanol–water partition coefficient (Wildman–Crippen LogP) is 3.15. The molecule has 120 valence electrons. The molecule has 1 amide bonds. The van der Waals surface area contributed by atoms with E-state index < -0.39 is 0 Å². The molecule has 0 fully saturated rings. The van der Waals surface area contributed by atoms with Gasteiger partial charge >= 0.3 is 0 Å². The SMILES string of the molecule is Cc1ccc(OCC(=O)NC2CCOc3ccc(F)cc32)cc1. The quantitative estimate of drug-likeness (QED) is 0.943. The van der Waals surface area contributed by atoms with Crippen LogP contribution in [0.1, 0.15) is 23.6 Å². The summed E-state index contributed by atoms with van der Waals surface area (Å²) in [6.45, 7) is 2.39. The average Bonchev–Trinajstić information content (AvgIpc) is 2.55. The zero-order chi connectivity index (χ0) is 16.2. The Balaban J connectivity index is 1.60. The monoisotopic (exact) mass is 315 g/mol. The molecule has 0 bridgehead atoms. The molecule has 23 heavy (non-hydrogen) atoms. The highest BCUT2D eigenvalue weighted by Crippen LogP contribution is 2.32. The zero-order valence-electron chi connectivity index (χ0n) is 12.8. The van der Waals surface area contributed by atoms with Crippen LogP contribution >= 0.6 is 0 Å². The van der Waals surface area contributed by atoms with E-state index in [0.717, 1.165) is 5.56 Å². The Morgan fingerprint density at radius 1 is 1.30 bits per heavy atom. The number of amides is 1. The molecular formula is C18H18FNO3. The van der Waals surface area contributed by atoms with Crippen molar-refractivity contribution in [2.75, 3.05) is 13.2 Å². The second kappa shape index (κ2) is 6.69. The summed E-state index contributed by atoms with van der Waals surface area (Å²) in [6, 6.07) is 11.6. The molecule has 1 aliphatic rings. The van der Waals surface area contributed by atoms with E-state index in [-0.39, 0.29) is 24.4 Å². The summed E-state index contributed by atoms with van der Waals surface area (Å²) in [6.07, 6.45) is 0.604. The molecule has 0 aliphatic carbocycles. The number of fused-ring (bicyclic) bond motifs is 1. The first-order valence-electron chi connectivity index (χ1n) is 7.53. The Bertz CT molecular complexity index is 700. The minimum Gasteiger partial charge on any atom is -0.493 e. The summed E-state index contributed by atoms with van der Waals surface area (Å²) in [5.41, 5.74) is 1.79. The highest BCUT2D eigenvalue weighted by Gasteiger charge is 2.23. The van der Waals surface area contributed by atoms with E-state index in [1.807, 2.05) is 31.2 Å². The molecule has 4 nitrogen and oxygen atoms in total. The van der Waals surface area contributed by atoms with E-state index >= 15 is 0 Å². The molecule has 5 heteroatoms. The van der Waals surface area contributed by atoms with Crippen LogP contribution in [0.15, 0.2) is 42.5 Å². The number of benzene rings is 2. The molecule has 1 aliphatic heterocycles. The average molecular weight is 315 g/mol. The maximum atomic E-state index is 13.4.